The SMILES string of the molecule is Cc1ccc(CN2C(=O)NC(=Cc3ccccc3C)C2=O)cc1. The number of carbonyl (C=O) groups is 2. The minimum atomic E-state index is -0.379. The summed E-state index contributed by atoms with van der Waals surface area (Å²) in [6.45, 7) is 4.24. The summed E-state index contributed by atoms with van der Waals surface area (Å²) >= 11 is 0. The van der Waals surface area contributed by atoms with Gasteiger partial charge in [0.15, 0.2) is 0 Å². The summed E-state index contributed by atoms with van der Waals surface area (Å²) in [6, 6.07) is 15.2. The van der Waals surface area contributed by atoms with Gasteiger partial charge in [-0.3, -0.25) is 9.69 Å². The van der Waals surface area contributed by atoms with Gasteiger partial charge in [0, 0.05) is 0 Å². The number of rotatable bonds is 3. The molecule has 2 aromatic rings. The Morgan fingerprint density at radius 2 is 1.70 bits per heavy atom. The molecule has 1 saturated heterocycles. The van der Waals surface area contributed by atoms with Crippen molar-refractivity contribution in [2.75, 3.05) is 0 Å². The molecule has 1 aliphatic heterocycles. The van der Waals surface area contributed by atoms with Crippen LogP contribution in [0, 0.1) is 13.8 Å². The highest BCUT2D eigenvalue weighted by Gasteiger charge is 2.33. The highest BCUT2D eigenvalue weighted by atomic mass is 16.2. The lowest BCUT2D eigenvalue weighted by atomic mass is 10.1. The first kappa shape index (κ1) is 15.0. The van der Waals surface area contributed by atoms with E-state index in [-0.39, 0.29) is 18.5 Å². The van der Waals surface area contributed by atoms with Crippen molar-refractivity contribution in [1.82, 2.24) is 10.2 Å². The third kappa shape index (κ3) is 3.16. The standard InChI is InChI=1S/C19H18N2O2/c1-13-7-9-15(10-8-13)12-21-18(22)17(20-19(21)23)11-16-6-4-3-5-14(16)2/h3-11H,12H2,1-2H3,(H,20,23). The Morgan fingerprint density at radius 3 is 2.39 bits per heavy atom. The molecule has 0 aliphatic carbocycles. The maximum absolute atomic E-state index is 12.5. The Labute approximate surface area is 135 Å². The summed E-state index contributed by atoms with van der Waals surface area (Å²) in [4.78, 5) is 25.8. The lowest BCUT2D eigenvalue weighted by Crippen LogP contribution is -2.30. The molecule has 0 unspecified atom stereocenters. The predicted octanol–water partition coefficient (Wildman–Crippen LogP) is 3.40. The molecule has 4 heteroatoms. The lowest BCUT2D eigenvalue weighted by Gasteiger charge is -2.11. The van der Waals surface area contributed by atoms with Gasteiger partial charge in [0.25, 0.3) is 5.91 Å². The smallest absolute Gasteiger partial charge is 0.303 e. The molecule has 1 fully saturated rings. The van der Waals surface area contributed by atoms with Crippen molar-refractivity contribution in [2.24, 2.45) is 0 Å². The number of urea groups is 1. The van der Waals surface area contributed by atoms with E-state index in [1.165, 1.54) is 4.90 Å². The van der Waals surface area contributed by atoms with E-state index in [0.29, 0.717) is 5.70 Å². The zero-order valence-corrected chi connectivity index (χ0v) is 13.2. The number of hydrogen-bond acceptors (Lipinski definition) is 2. The van der Waals surface area contributed by atoms with Crippen molar-refractivity contribution < 1.29 is 9.59 Å². The van der Waals surface area contributed by atoms with E-state index in [9.17, 15) is 9.59 Å². The zero-order chi connectivity index (χ0) is 16.4. The largest absolute Gasteiger partial charge is 0.329 e. The molecule has 0 spiro atoms. The maximum Gasteiger partial charge on any atom is 0.329 e. The Balaban J connectivity index is 1.82. The van der Waals surface area contributed by atoms with Gasteiger partial charge in [0.1, 0.15) is 5.70 Å². The fourth-order valence-corrected chi connectivity index (χ4v) is 2.50. The van der Waals surface area contributed by atoms with E-state index in [4.69, 9.17) is 0 Å². The second kappa shape index (κ2) is 6.08. The number of amides is 3. The Morgan fingerprint density at radius 1 is 1.00 bits per heavy atom. The second-order valence-corrected chi connectivity index (χ2v) is 5.72. The van der Waals surface area contributed by atoms with E-state index in [0.717, 1.165) is 22.3 Å². The lowest BCUT2D eigenvalue weighted by molar-refractivity contribution is -0.123. The van der Waals surface area contributed by atoms with Crippen LogP contribution in [0.25, 0.3) is 6.08 Å². The molecule has 0 radical (unpaired) electrons. The predicted molar refractivity (Wildman–Crippen MR) is 89.4 cm³/mol. The van der Waals surface area contributed by atoms with Gasteiger partial charge in [-0.2, -0.15) is 0 Å². The highest BCUT2D eigenvalue weighted by Crippen LogP contribution is 2.18. The average molecular weight is 306 g/mol. The van der Waals surface area contributed by atoms with Crippen LogP contribution in [0.4, 0.5) is 4.79 Å². The highest BCUT2D eigenvalue weighted by molar-refractivity contribution is 6.13. The van der Waals surface area contributed by atoms with Crippen molar-refractivity contribution in [3.05, 3.63) is 76.5 Å². The van der Waals surface area contributed by atoms with Gasteiger partial charge in [0.05, 0.1) is 6.54 Å². The Kier molecular flexibility index (Phi) is 3.98. The summed E-state index contributed by atoms with van der Waals surface area (Å²) in [5.74, 6) is -0.293. The molecule has 116 valence electrons. The normalized spacial score (nSPS) is 16.1. The van der Waals surface area contributed by atoms with Gasteiger partial charge in [-0.25, -0.2) is 4.79 Å². The molecule has 23 heavy (non-hydrogen) atoms. The van der Waals surface area contributed by atoms with Crippen molar-refractivity contribution >= 4 is 18.0 Å². The van der Waals surface area contributed by atoms with Gasteiger partial charge < -0.3 is 5.32 Å². The van der Waals surface area contributed by atoms with Crippen molar-refractivity contribution in [3.8, 4) is 0 Å². The van der Waals surface area contributed by atoms with Crippen molar-refractivity contribution in [3.63, 3.8) is 0 Å². The third-order valence-electron chi connectivity index (χ3n) is 3.91. The van der Waals surface area contributed by atoms with Crippen molar-refractivity contribution in [1.29, 1.82) is 0 Å². The van der Waals surface area contributed by atoms with Crippen LogP contribution >= 0.6 is 0 Å². The van der Waals surface area contributed by atoms with Crippen LogP contribution < -0.4 is 5.32 Å². The summed E-state index contributed by atoms with van der Waals surface area (Å²) in [7, 11) is 0. The minimum Gasteiger partial charge on any atom is -0.303 e. The molecular formula is C19H18N2O2. The molecule has 0 atom stereocenters. The quantitative estimate of drug-likeness (QED) is 0.698. The molecule has 4 nitrogen and oxygen atoms in total. The second-order valence-electron chi connectivity index (χ2n) is 5.72. The first-order valence-electron chi connectivity index (χ1n) is 7.50. The first-order valence-corrected chi connectivity index (χ1v) is 7.50. The first-order chi connectivity index (χ1) is 11.0. The number of hydrogen-bond donors (Lipinski definition) is 1. The minimum absolute atomic E-state index is 0.274. The van der Waals surface area contributed by atoms with E-state index in [1.54, 1.807) is 6.08 Å². The molecule has 1 aliphatic rings. The molecule has 3 amide bonds. The molecule has 0 aromatic heterocycles. The fourth-order valence-electron chi connectivity index (χ4n) is 2.50. The molecule has 0 bridgehead atoms. The fraction of sp³-hybridized carbons (Fsp3) is 0.158. The number of nitrogens with zero attached hydrogens (tertiary/aromatic N) is 1. The summed E-state index contributed by atoms with van der Waals surface area (Å²) in [6.07, 6.45) is 1.73. The average Bonchev–Trinajstić information content (AvgIpc) is 2.79. The number of nitrogens with one attached hydrogen (secondary N) is 1. The molecular weight excluding hydrogens is 288 g/mol. The molecule has 2 aromatic carbocycles. The van der Waals surface area contributed by atoms with Crippen LogP contribution in [0.15, 0.2) is 54.2 Å². The number of aryl methyl sites for hydroxylation is 2. The Hall–Kier alpha value is -2.88. The zero-order valence-electron chi connectivity index (χ0n) is 13.2. The van der Waals surface area contributed by atoms with Crippen LogP contribution in [-0.2, 0) is 11.3 Å². The van der Waals surface area contributed by atoms with E-state index in [1.807, 2.05) is 62.4 Å². The van der Waals surface area contributed by atoms with Gasteiger partial charge in [-0.15, -0.1) is 0 Å². The van der Waals surface area contributed by atoms with Crippen LogP contribution in [0.3, 0.4) is 0 Å². The van der Waals surface area contributed by atoms with Gasteiger partial charge in [-0.05, 0) is 36.6 Å². The Bertz CT molecular complexity index is 791. The molecule has 1 heterocycles. The number of benzene rings is 2. The van der Waals surface area contributed by atoms with Crippen LogP contribution in [0.1, 0.15) is 22.3 Å². The topological polar surface area (TPSA) is 49.4 Å². The van der Waals surface area contributed by atoms with E-state index in [2.05, 4.69) is 5.32 Å². The van der Waals surface area contributed by atoms with Crippen LogP contribution in [0.5, 0.6) is 0 Å². The van der Waals surface area contributed by atoms with E-state index < -0.39 is 0 Å². The third-order valence-corrected chi connectivity index (χ3v) is 3.91. The van der Waals surface area contributed by atoms with Gasteiger partial charge >= 0.3 is 6.03 Å². The van der Waals surface area contributed by atoms with Crippen molar-refractivity contribution in [2.45, 2.75) is 20.4 Å². The van der Waals surface area contributed by atoms with E-state index >= 15 is 0 Å². The summed E-state index contributed by atoms with van der Waals surface area (Å²) in [5, 5.41) is 2.66. The summed E-state index contributed by atoms with van der Waals surface area (Å²) in [5.41, 5.74) is 4.37. The van der Waals surface area contributed by atoms with Gasteiger partial charge in [-0.1, -0.05) is 54.1 Å². The molecule has 1 N–H and O–H groups in total. The number of carbonyl (C=O) groups excluding carboxylic acids is 2. The molecule has 3 rings (SSSR count). The van der Waals surface area contributed by atoms with Gasteiger partial charge in [0.2, 0.25) is 0 Å². The maximum atomic E-state index is 12.5. The van der Waals surface area contributed by atoms with Crippen LogP contribution in [-0.4, -0.2) is 16.8 Å². The monoisotopic (exact) mass is 306 g/mol. The summed E-state index contributed by atoms with van der Waals surface area (Å²) < 4.78 is 0. The van der Waals surface area contributed by atoms with Crippen LogP contribution in [0.2, 0.25) is 0 Å². The number of imide groups is 1. The molecule has 0 saturated carbocycles.